The van der Waals surface area contributed by atoms with Gasteiger partial charge in [0.2, 0.25) is 0 Å². The van der Waals surface area contributed by atoms with Crippen molar-refractivity contribution in [3.8, 4) is 0 Å². The van der Waals surface area contributed by atoms with Crippen molar-refractivity contribution >= 4 is 11.4 Å². The average Bonchev–Trinajstić information content (AvgIpc) is 2.48. The molecule has 6 heteroatoms. The molecule has 1 N–H and O–H groups in total. The van der Waals surface area contributed by atoms with Gasteiger partial charge in [-0.2, -0.15) is 0 Å². The molecule has 0 fully saturated rings. The maximum absolute atomic E-state index is 11.8. The Morgan fingerprint density at radius 1 is 1.05 bits per heavy atom. The van der Waals surface area contributed by atoms with E-state index in [-0.39, 0.29) is 11.2 Å². The summed E-state index contributed by atoms with van der Waals surface area (Å²) in [5.74, 6) is 0. The van der Waals surface area contributed by atoms with E-state index in [2.05, 4.69) is 5.32 Å². The lowest BCUT2D eigenvalue weighted by atomic mass is 10.2. The third-order valence-electron chi connectivity index (χ3n) is 3.48. The number of aromatic nitrogens is 2. The molecule has 0 bridgehead atoms. The summed E-state index contributed by atoms with van der Waals surface area (Å²) in [6, 6.07) is 9.42. The van der Waals surface area contributed by atoms with E-state index in [1.807, 2.05) is 43.3 Å². The molecular weight excluding hydrogens is 268 g/mol. The van der Waals surface area contributed by atoms with E-state index in [1.54, 1.807) is 7.05 Å². The maximum Gasteiger partial charge on any atom is 0.330 e. The van der Waals surface area contributed by atoms with Gasteiger partial charge in [-0.3, -0.25) is 13.9 Å². The van der Waals surface area contributed by atoms with Gasteiger partial charge in [-0.05, 0) is 24.3 Å². The minimum absolute atomic E-state index is 0.294. The number of anilines is 2. The topological polar surface area (TPSA) is 59.3 Å². The monoisotopic (exact) mass is 288 g/mol. The molecule has 6 nitrogen and oxygen atoms in total. The summed E-state index contributed by atoms with van der Waals surface area (Å²) in [4.78, 5) is 25.5. The Bertz CT molecular complexity index is 742. The fourth-order valence-electron chi connectivity index (χ4n) is 2.02. The highest BCUT2D eigenvalue weighted by atomic mass is 16.2. The van der Waals surface area contributed by atoms with Crippen molar-refractivity contribution in [2.75, 3.05) is 24.3 Å². The van der Waals surface area contributed by atoms with E-state index < -0.39 is 0 Å². The lowest BCUT2D eigenvalue weighted by Gasteiger charge is -2.14. The summed E-state index contributed by atoms with van der Waals surface area (Å²) < 4.78 is 2.57. The van der Waals surface area contributed by atoms with Crippen molar-refractivity contribution in [2.24, 2.45) is 14.1 Å². The summed E-state index contributed by atoms with van der Waals surface area (Å²) in [5, 5.41) is 3.22. The zero-order chi connectivity index (χ0) is 15.6. The van der Waals surface area contributed by atoms with Crippen molar-refractivity contribution in [1.82, 2.24) is 9.13 Å². The number of nitrogens with zero attached hydrogens (tertiary/aromatic N) is 3. The van der Waals surface area contributed by atoms with Crippen LogP contribution >= 0.6 is 0 Å². The molecule has 0 saturated carbocycles. The van der Waals surface area contributed by atoms with Crippen LogP contribution in [0, 0.1) is 0 Å². The van der Waals surface area contributed by atoms with Crippen LogP contribution in [0.4, 0.5) is 11.4 Å². The molecule has 0 aliphatic rings. The molecule has 0 radical (unpaired) electrons. The minimum atomic E-state index is -0.317. The lowest BCUT2D eigenvalue weighted by Crippen LogP contribution is -2.38. The van der Waals surface area contributed by atoms with Gasteiger partial charge in [-0.25, -0.2) is 4.79 Å². The predicted octanol–water partition coefficient (Wildman–Crippen LogP) is 0.762. The summed E-state index contributed by atoms with van der Waals surface area (Å²) >= 11 is 0. The van der Waals surface area contributed by atoms with Gasteiger partial charge in [0, 0.05) is 51.3 Å². The molecule has 0 atom stereocenters. The number of hydrogen-bond donors (Lipinski definition) is 1. The second-order valence-electron chi connectivity index (χ2n) is 5.17. The molecule has 21 heavy (non-hydrogen) atoms. The van der Waals surface area contributed by atoms with Gasteiger partial charge >= 0.3 is 5.69 Å². The Labute approximate surface area is 123 Å². The van der Waals surface area contributed by atoms with Crippen LogP contribution in [0.1, 0.15) is 5.69 Å². The van der Waals surface area contributed by atoms with Crippen LogP contribution in [0.25, 0.3) is 0 Å². The third-order valence-corrected chi connectivity index (χ3v) is 3.48. The highest BCUT2D eigenvalue weighted by Crippen LogP contribution is 2.15. The van der Waals surface area contributed by atoms with Crippen molar-refractivity contribution in [1.29, 1.82) is 0 Å². The van der Waals surface area contributed by atoms with Gasteiger partial charge in [-0.1, -0.05) is 0 Å². The molecule has 1 aromatic heterocycles. The minimum Gasteiger partial charge on any atom is -0.379 e. The molecule has 0 aliphatic heterocycles. The number of nitrogens with one attached hydrogen (secondary N) is 1. The van der Waals surface area contributed by atoms with Crippen molar-refractivity contribution in [3.63, 3.8) is 0 Å². The van der Waals surface area contributed by atoms with E-state index in [0.717, 1.165) is 15.9 Å². The summed E-state index contributed by atoms with van der Waals surface area (Å²) in [7, 11) is 7.10. The average molecular weight is 288 g/mol. The van der Waals surface area contributed by atoms with Gasteiger partial charge in [0.15, 0.2) is 0 Å². The Morgan fingerprint density at radius 3 is 2.24 bits per heavy atom. The fourth-order valence-corrected chi connectivity index (χ4v) is 2.02. The molecule has 1 heterocycles. The van der Waals surface area contributed by atoms with E-state index in [1.165, 1.54) is 17.7 Å². The first kappa shape index (κ1) is 14.9. The Morgan fingerprint density at radius 2 is 1.67 bits per heavy atom. The molecule has 2 rings (SSSR count). The van der Waals surface area contributed by atoms with Crippen molar-refractivity contribution in [3.05, 3.63) is 56.9 Å². The second-order valence-corrected chi connectivity index (χ2v) is 5.17. The maximum atomic E-state index is 11.8. The number of rotatable bonds is 4. The Kier molecular flexibility index (Phi) is 4.16. The van der Waals surface area contributed by atoms with Gasteiger partial charge < -0.3 is 10.2 Å². The quantitative estimate of drug-likeness (QED) is 0.902. The molecule has 1 aromatic carbocycles. The van der Waals surface area contributed by atoms with Gasteiger partial charge in [0.1, 0.15) is 0 Å². The largest absolute Gasteiger partial charge is 0.379 e. The number of benzene rings is 1. The van der Waals surface area contributed by atoms with Crippen molar-refractivity contribution in [2.45, 2.75) is 6.54 Å². The standard InChI is InChI=1S/C15H20N4O2/c1-17(2)12-7-5-11(6-8-12)16-10-13-9-14(20)19(4)15(21)18(13)3/h5-9,16H,10H2,1-4H3. The van der Waals surface area contributed by atoms with E-state index >= 15 is 0 Å². The lowest BCUT2D eigenvalue weighted by molar-refractivity contribution is 0.655. The van der Waals surface area contributed by atoms with Crippen LogP contribution in [0.15, 0.2) is 39.9 Å². The van der Waals surface area contributed by atoms with Crippen LogP contribution in [-0.4, -0.2) is 23.2 Å². The second kappa shape index (κ2) is 5.87. The summed E-state index contributed by atoms with van der Waals surface area (Å²) in [6.07, 6.45) is 0. The van der Waals surface area contributed by atoms with Crippen LogP contribution in [0.2, 0.25) is 0 Å². The molecule has 0 unspecified atom stereocenters. The molecule has 112 valence electrons. The van der Waals surface area contributed by atoms with Crippen LogP contribution < -0.4 is 21.5 Å². The number of hydrogen-bond acceptors (Lipinski definition) is 4. The van der Waals surface area contributed by atoms with Gasteiger partial charge in [0.25, 0.3) is 5.56 Å². The van der Waals surface area contributed by atoms with Crippen LogP contribution in [0.5, 0.6) is 0 Å². The fraction of sp³-hybridized carbons (Fsp3) is 0.333. The SMILES string of the molecule is CN(C)c1ccc(NCc2cc(=O)n(C)c(=O)n2C)cc1. The van der Waals surface area contributed by atoms with E-state index in [4.69, 9.17) is 0 Å². The third kappa shape index (κ3) is 3.16. The first-order valence-electron chi connectivity index (χ1n) is 6.67. The predicted molar refractivity (Wildman–Crippen MR) is 85.0 cm³/mol. The first-order chi connectivity index (χ1) is 9.90. The Balaban J connectivity index is 2.17. The van der Waals surface area contributed by atoms with Crippen LogP contribution in [0.3, 0.4) is 0 Å². The highest BCUT2D eigenvalue weighted by Gasteiger charge is 2.05. The van der Waals surface area contributed by atoms with E-state index in [0.29, 0.717) is 12.2 Å². The molecule has 0 spiro atoms. The summed E-state index contributed by atoms with van der Waals surface area (Å²) in [6.45, 7) is 0.420. The first-order valence-corrected chi connectivity index (χ1v) is 6.67. The smallest absolute Gasteiger partial charge is 0.330 e. The van der Waals surface area contributed by atoms with Crippen molar-refractivity contribution < 1.29 is 0 Å². The zero-order valence-corrected chi connectivity index (χ0v) is 12.8. The van der Waals surface area contributed by atoms with Gasteiger partial charge in [-0.15, -0.1) is 0 Å². The van der Waals surface area contributed by atoms with Gasteiger partial charge in [0.05, 0.1) is 6.54 Å². The molecule has 2 aromatic rings. The van der Waals surface area contributed by atoms with Crippen LogP contribution in [-0.2, 0) is 20.6 Å². The normalized spacial score (nSPS) is 10.5. The molecule has 0 amide bonds. The highest BCUT2D eigenvalue weighted by molar-refractivity contribution is 5.54. The van der Waals surface area contributed by atoms with E-state index in [9.17, 15) is 9.59 Å². The summed E-state index contributed by atoms with van der Waals surface area (Å²) in [5.41, 5.74) is 2.09. The molecule has 0 aliphatic carbocycles. The zero-order valence-electron chi connectivity index (χ0n) is 12.8. The molecular formula is C15H20N4O2. The molecule has 0 saturated heterocycles. The Hall–Kier alpha value is -2.50.